The van der Waals surface area contributed by atoms with Crippen LogP contribution < -0.4 is 5.32 Å². The van der Waals surface area contributed by atoms with Gasteiger partial charge in [0.25, 0.3) is 0 Å². The van der Waals surface area contributed by atoms with Crippen LogP contribution in [0.4, 0.5) is 0 Å². The molecule has 0 saturated carbocycles. The van der Waals surface area contributed by atoms with Gasteiger partial charge in [-0.25, -0.2) is 0 Å². The summed E-state index contributed by atoms with van der Waals surface area (Å²) in [5.41, 5.74) is 5.73. The SMILES string of the molecule is CCCNC(Cc1ccccc1)Cc1c(C)cccc1C. The third-order valence-corrected chi connectivity index (χ3v) is 4.10. The van der Waals surface area contributed by atoms with Gasteiger partial charge in [0.1, 0.15) is 0 Å². The molecule has 0 aromatic heterocycles. The lowest BCUT2D eigenvalue weighted by molar-refractivity contribution is 0.503. The predicted molar refractivity (Wildman–Crippen MR) is 91.8 cm³/mol. The van der Waals surface area contributed by atoms with Gasteiger partial charge in [-0.05, 0) is 61.9 Å². The van der Waals surface area contributed by atoms with Crippen LogP contribution in [0.3, 0.4) is 0 Å². The van der Waals surface area contributed by atoms with Crippen molar-refractivity contribution in [2.75, 3.05) is 6.54 Å². The fraction of sp³-hybridized carbons (Fsp3) is 0.400. The second-order valence-corrected chi connectivity index (χ2v) is 5.92. The fourth-order valence-corrected chi connectivity index (χ4v) is 2.88. The highest BCUT2D eigenvalue weighted by molar-refractivity contribution is 5.34. The molecule has 2 aromatic rings. The summed E-state index contributed by atoms with van der Waals surface area (Å²) < 4.78 is 0. The van der Waals surface area contributed by atoms with Gasteiger partial charge >= 0.3 is 0 Å². The molecule has 0 radical (unpaired) electrons. The molecule has 0 aliphatic carbocycles. The van der Waals surface area contributed by atoms with E-state index in [0.29, 0.717) is 6.04 Å². The number of aryl methyl sites for hydroxylation is 2. The van der Waals surface area contributed by atoms with Crippen LogP contribution in [0.5, 0.6) is 0 Å². The highest BCUT2D eigenvalue weighted by atomic mass is 14.9. The number of nitrogens with one attached hydrogen (secondary N) is 1. The van der Waals surface area contributed by atoms with Gasteiger partial charge in [-0.1, -0.05) is 55.5 Å². The van der Waals surface area contributed by atoms with Crippen LogP contribution in [0.25, 0.3) is 0 Å². The van der Waals surface area contributed by atoms with Crippen molar-refractivity contribution in [3.05, 3.63) is 70.8 Å². The van der Waals surface area contributed by atoms with Crippen LogP contribution in [0.15, 0.2) is 48.5 Å². The normalized spacial score (nSPS) is 12.3. The number of rotatable bonds is 7. The topological polar surface area (TPSA) is 12.0 Å². The van der Waals surface area contributed by atoms with E-state index in [2.05, 4.69) is 74.6 Å². The molecule has 0 saturated heterocycles. The standard InChI is InChI=1S/C20H27N/c1-4-13-21-19(14-18-11-6-5-7-12-18)15-20-16(2)9-8-10-17(20)3/h5-12,19,21H,4,13-15H2,1-3H3. The molecule has 112 valence electrons. The fourth-order valence-electron chi connectivity index (χ4n) is 2.88. The summed E-state index contributed by atoms with van der Waals surface area (Å²) in [7, 11) is 0. The Kier molecular flexibility index (Phi) is 6.01. The average Bonchev–Trinajstić information content (AvgIpc) is 2.49. The van der Waals surface area contributed by atoms with Gasteiger partial charge in [0, 0.05) is 6.04 Å². The van der Waals surface area contributed by atoms with E-state index in [1.165, 1.54) is 28.7 Å². The average molecular weight is 281 g/mol. The lowest BCUT2D eigenvalue weighted by Crippen LogP contribution is -2.34. The van der Waals surface area contributed by atoms with Crippen molar-refractivity contribution in [3.8, 4) is 0 Å². The molecule has 0 aliphatic rings. The first-order valence-electron chi connectivity index (χ1n) is 8.03. The van der Waals surface area contributed by atoms with Crippen LogP contribution in [-0.4, -0.2) is 12.6 Å². The van der Waals surface area contributed by atoms with E-state index >= 15 is 0 Å². The Labute approximate surface area is 129 Å². The maximum atomic E-state index is 3.72. The number of hydrogen-bond donors (Lipinski definition) is 1. The van der Waals surface area contributed by atoms with Gasteiger partial charge < -0.3 is 5.32 Å². The molecule has 2 rings (SSSR count). The summed E-state index contributed by atoms with van der Waals surface area (Å²) in [5, 5.41) is 3.72. The molecule has 0 spiro atoms. The van der Waals surface area contributed by atoms with Crippen molar-refractivity contribution >= 4 is 0 Å². The van der Waals surface area contributed by atoms with Gasteiger partial charge in [-0.15, -0.1) is 0 Å². The quantitative estimate of drug-likeness (QED) is 0.790. The molecule has 1 N–H and O–H groups in total. The zero-order chi connectivity index (χ0) is 15.1. The van der Waals surface area contributed by atoms with Crippen molar-refractivity contribution in [1.82, 2.24) is 5.32 Å². The minimum Gasteiger partial charge on any atom is -0.313 e. The van der Waals surface area contributed by atoms with Gasteiger partial charge in [-0.2, -0.15) is 0 Å². The molecule has 0 heterocycles. The van der Waals surface area contributed by atoms with Crippen LogP contribution in [0.2, 0.25) is 0 Å². The monoisotopic (exact) mass is 281 g/mol. The molecular weight excluding hydrogens is 254 g/mol. The van der Waals surface area contributed by atoms with Crippen molar-refractivity contribution in [2.45, 2.75) is 46.1 Å². The largest absolute Gasteiger partial charge is 0.313 e. The first-order chi connectivity index (χ1) is 10.2. The van der Waals surface area contributed by atoms with Crippen LogP contribution in [0, 0.1) is 13.8 Å². The van der Waals surface area contributed by atoms with Crippen molar-refractivity contribution in [1.29, 1.82) is 0 Å². The Morgan fingerprint density at radius 1 is 0.857 bits per heavy atom. The first-order valence-corrected chi connectivity index (χ1v) is 8.03. The molecule has 2 aromatic carbocycles. The maximum Gasteiger partial charge on any atom is 0.0148 e. The van der Waals surface area contributed by atoms with E-state index in [-0.39, 0.29) is 0 Å². The van der Waals surface area contributed by atoms with E-state index in [1.807, 2.05) is 0 Å². The van der Waals surface area contributed by atoms with E-state index < -0.39 is 0 Å². The summed E-state index contributed by atoms with van der Waals surface area (Å²) in [6, 6.07) is 17.9. The predicted octanol–water partition coefficient (Wildman–Crippen LogP) is 4.46. The van der Waals surface area contributed by atoms with Crippen LogP contribution in [-0.2, 0) is 12.8 Å². The molecule has 0 fully saturated rings. The second-order valence-electron chi connectivity index (χ2n) is 5.92. The van der Waals surface area contributed by atoms with Crippen LogP contribution in [0.1, 0.15) is 35.6 Å². The lowest BCUT2D eigenvalue weighted by Gasteiger charge is -2.21. The Morgan fingerprint density at radius 2 is 1.52 bits per heavy atom. The van der Waals surface area contributed by atoms with Crippen LogP contribution >= 0.6 is 0 Å². The Morgan fingerprint density at radius 3 is 2.14 bits per heavy atom. The lowest BCUT2D eigenvalue weighted by atomic mass is 9.93. The number of benzene rings is 2. The minimum absolute atomic E-state index is 0.507. The molecule has 1 atom stereocenters. The Bertz CT molecular complexity index is 525. The zero-order valence-electron chi connectivity index (χ0n) is 13.5. The molecular formula is C20H27N. The molecule has 1 heteroatoms. The Hall–Kier alpha value is -1.60. The van der Waals surface area contributed by atoms with E-state index in [9.17, 15) is 0 Å². The summed E-state index contributed by atoms with van der Waals surface area (Å²) in [6.45, 7) is 7.76. The zero-order valence-corrected chi connectivity index (χ0v) is 13.5. The van der Waals surface area contributed by atoms with Crippen molar-refractivity contribution in [2.24, 2.45) is 0 Å². The summed E-state index contributed by atoms with van der Waals surface area (Å²) in [5.74, 6) is 0. The molecule has 0 amide bonds. The minimum atomic E-state index is 0.507. The highest BCUT2D eigenvalue weighted by Crippen LogP contribution is 2.17. The summed E-state index contributed by atoms with van der Waals surface area (Å²) >= 11 is 0. The van der Waals surface area contributed by atoms with Crippen molar-refractivity contribution < 1.29 is 0 Å². The molecule has 0 aliphatic heterocycles. The summed E-state index contributed by atoms with van der Waals surface area (Å²) in [4.78, 5) is 0. The Balaban J connectivity index is 2.12. The van der Waals surface area contributed by atoms with Gasteiger partial charge in [-0.3, -0.25) is 0 Å². The third kappa shape index (κ3) is 4.71. The van der Waals surface area contributed by atoms with E-state index in [0.717, 1.165) is 19.4 Å². The van der Waals surface area contributed by atoms with E-state index in [1.54, 1.807) is 0 Å². The maximum absolute atomic E-state index is 3.72. The molecule has 21 heavy (non-hydrogen) atoms. The van der Waals surface area contributed by atoms with Gasteiger partial charge in [0.05, 0.1) is 0 Å². The molecule has 1 nitrogen and oxygen atoms in total. The van der Waals surface area contributed by atoms with Gasteiger partial charge in [0.15, 0.2) is 0 Å². The molecule has 1 unspecified atom stereocenters. The highest BCUT2D eigenvalue weighted by Gasteiger charge is 2.12. The number of hydrogen-bond acceptors (Lipinski definition) is 1. The molecule has 0 bridgehead atoms. The first kappa shape index (κ1) is 15.8. The van der Waals surface area contributed by atoms with Crippen molar-refractivity contribution in [3.63, 3.8) is 0 Å². The summed E-state index contributed by atoms with van der Waals surface area (Å²) in [6.07, 6.45) is 3.38. The third-order valence-electron chi connectivity index (χ3n) is 4.10. The smallest absolute Gasteiger partial charge is 0.0148 e. The van der Waals surface area contributed by atoms with Gasteiger partial charge in [0.2, 0.25) is 0 Å². The van der Waals surface area contributed by atoms with E-state index in [4.69, 9.17) is 0 Å². The second kappa shape index (κ2) is 7.99.